The zero-order valence-electron chi connectivity index (χ0n) is 12.6. The molecule has 1 amide bonds. The van der Waals surface area contributed by atoms with Gasteiger partial charge in [-0.05, 0) is 36.4 Å². The molecule has 0 saturated carbocycles. The van der Waals surface area contributed by atoms with Crippen LogP contribution in [0.1, 0.15) is 15.9 Å². The third-order valence-electron chi connectivity index (χ3n) is 3.44. The second kappa shape index (κ2) is 6.39. The number of rotatable bonds is 3. The van der Waals surface area contributed by atoms with Crippen molar-refractivity contribution >= 4 is 11.6 Å². The monoisotopic (exact) mass is 349 g/mol. The fraction of sp³-hybridized carbons (Fsp3) is 0.0588. The number of carbonyl (C=O) groups excluding carboxylic acids is 1. The number of alkyl halides is 3. The topological polar surface area (TPSA) is 46.9 Å². The van der Waals surface area contributed by atoms with Crippen LogP contribution < -0.4 is 5.32 Å². The number of benzene rings is 2. The van der Waals surface area contributed by atoms with Crippen molar-refractivity contribution in [1.29, 1.82) is 0 Å². The summed E-state index contributed by atoms with van der Waals surface area (Å²) in [5.41, 5.74) is -1.12. The molecule has 0 saturated heterocycles. The molecule has 3 rings (SSSR count). The standard InChI is InChI=1S/C17H11F4N3O/c18-13-5-2-1-4-12(13)16(25)23-14-10-11(17(19,20)21)6-7-15(14)24-9-3-8-22-24/h1-10H,(H,23,25). The molecular formula is C17H11F4N3O. The summed E-state index contributed by atoms with van der Waals surface area (Å²) in [6, 6.07) is 9.64. The molecule has 2 aromatic carbocycles. The molecule has 0 bridgehead atoms. The van der Waals surface area contributed by atoms with Gasteiger partial charge in [0.05, 0.1) is 22.5 Å². The summed E-state index contributed by atoms with van der Waals surface area (Å²) in [5, 5.41) is 6.28. The highest BCUT2D eigenvalue weighted by atomic mass is 19.4. The number of aromatic nitrogens is 2. The molecule has 0 fully saturated rings. The van der Waals surface area contributed by atoms with E-state index < -0.39 is 23.5 Å². The fourth-order valence-electron chi connectivity index (χ4n) is 2.26. The van der Waals surface area contributed by atoms with E-state index in [9.17, 15) is 22.4 Å². The lowest BCUT2D eigenvalue weighted by molar-refractivity contribution is -0.137. The highest BCUT2D eigenvalue weighted by Gasteiger charge is 2.31. The molecule has 0 radical (unpaired) electrons. The molecule has 0 atom stereocenters. The van der Waals surface area contributed by atoms with Crippen molar-refractivity contribution in [2.75, 3.05) is 5.32 Å². The van der Waals surface area contributed by atoms with Gasteiger partial charge in [-0.2, -0.15) is 18.3 Å². The molecule has 0 spiro atoms. The largest absolute Gasteiger partial charge is 0.416 e. The van der Waals surface area contributed by atoms with Gasteiger partial charge in [0.15, 0.2) is 0 Å². The molecule has 128 valence electrons. The minimum absolute atomic E-state index is 0.133. The first-order valence-corrected chi connectivity index (χ1v) is 7.13. The number of nitrogens with zero attached hydrogens (tertiary/aromatic N) is 2. The highest BCUT2D eigenvalue weighted by Crippen LogP contribution is 2.33. The predicted molar refractivity (Wildman–Crippen MR) is 82.9 cm³/mol. The summed E-state index contributed by atoms with van der Waals surface area (Å²) in [6.07, 6.45) is -1.62. The SMILES string of the molecule is O=C(Nc1cc(C(F)(F)F)ccc1-n1cccn1)c1ccccc1F. The number of nitrogens with one attached hydrogen (secondary N) is 1. The Kier molecular flexibility index (Phi) is 4.26. The average Bonchev–Trinajstić information content (AvgIpc) is 3.08. The van der Waals surface area contributed by atoms with Gasteiger partial charge in [-0.3, -0.25) is 4.79 Å². The molecule has 3 aromatic rings. The molecular weight excluding hydrogens is 338 g/mol. The van der Waals surface area contributed by atoms with Gasteiger partial charge in [0.2, 0.25) is 0 Å². The van der Waals surface area contributed by atoms with E-state index in [-0.39, 0.29) is 16.9 Å². The van der Waals surface area contributed by atoms with E-state index in [2.05, 4.69) is 10.4 Å². The van der Waals surface area contributed by atoms with Crippen molar-refractivity contribution in [2.45, 2.75) is 6.18 Å². The number of halogens is 4. The Bertz CT molecular complexity index is 905. The zero-order valence-corrected chi connectivity index (χ0v) is 12.6. The van der Waals surface area contributed by atoms with E-state index in [1.54, 1.807) is 6.07 Å². The second-order valence-electron chi connectivity index (χ2n) is 5.11. The molecule has 4 nitrogen and oxygen atoms in total. The van der Waals surface area contributed by atoms with Gasteiger partial charge in [0.1, 0.15) is 5.82 Å². The predicted octanol–water partition coefficient (Wildman–Crippen LogP) is 4.28. The second-order valence-corrected chi connectivity index (χ2v) is 5.11. The van der Waals surface area contributed by atoms with Crippen molar-refractivity contribution in [3.63, 3.8) is 0 Å². The van der Waals surface area contributed by atoms with Crippen LogP contribution in [0.15, 0.2) is 60.9 Å². The van der Waals surface area contributed by atoms with E-state index >= 15 is 0 Å². The van der Waals surface area contributed by atoms with Crippen molar-refractivity contribution < 1.29 is 22.4 Å². The molecule has 0 unspecified atom stereocenters. The Balaban J connectivity index is 2.03. The van der Waals surface area contributed by atoms with Gasteiger partial charge in [-0.25, -0.2) is 9.07 Å². The Hall–Kier alpha value is -3.16. The molecule has 1 heterocycles. The van der Waals surface area contributed by atoms with Crippen LogP contribution in [-0.2, 0) is 6.18 Å². The summed E-state index contributed by atoms with van der Waals surface area (Å²) >= 11 is 0. The average molecular weight is 349 g/mol. The Labute approximate surface area is 139 Å². The van der Waals surface area contributed by atoms with Gasteiger partial charge in [-0.15, -0.1) is 0 Å². The summed E-state index contributed by atoms with van der Waals surface area (Å²) in [4.78, 5) is 12.3. The third kappa shape index (κ3) is 3.52. The molecule has 25 heavy (non-hydrogen) atoms. The quantitative estimate of drug-likeness (QED) is 0.718. The van der Waals surface area contributed by atoms with E-state index in [1.165, 1.54) is 41.3 Å². The molecule has 0 aliphatic carbocycles. The smallest absolute Gasteiger partial charge is 0.320 e. The first-order valence-electron chi connectivity index (χ1n) is 7.13. The van der Waals surface area contributed by atoms with Gasteiger partial charge in [-0.1, -0.05) is 12.1 Å². The highest BCUT2D eigenvalue weighted by molar-refractivity contribution is 6.05. The van der Waals surface area contributed by atoms with E-state index in [0.717, 1.165) is 18.2 Å². The van der Waals surface area contributed by atoms with Crippen LogP contribution in [0, 0.1) is 5.82 Å². The van der Waals surface area contributed by atoms with Crippen LogP contribution in [0.25, 0.3) is 5.69 Å². The van der Waals surface area contributed by atoms with Crippen molar-refractivity contribution in [2.24, 2.45) is 0 Å². The number of hydrogen-bond donors (Lipinski definition) is 1. The fourth-order valence-corrected chi connectivity index (χ4v) is 2.26. The van der Waals surface area contributed by atoms with Crippen molar-refractivity contribution in [3.05, 3.63) is 77.9 Å². The Morgan fingerprint density at radius 2 is 1.84 bits per heavy atom. The Morgan fingerprint density at radius 3 is 2.48 bits per heavy atom. The zero-order chi connectivity index (χ0) is 18.0. The molecule has 1 aromatic heterocycles. The maximum atomic E-state index is 13.7. The normalized spacial score (nSPS) is 11.4. The summed E-state index contributed by atoms with van der Waals surface area (Å²) in [6.45, 7) is 0. The van der Waals surface area contributed by atoms with Crippen LogP contribution in [0.2, 0.25) is 0 Å². The number of hydrogen-bond acceptors (Lipinski definition) is 2. The first kappa shape index (κ1) is 16.7. The minimum atomic E-state index is -4.58. The third-order valence-corrected chi connectivity index (χ3v) is 3.44. The van der Waals surface area contributed by atoms with Gasteiger partial charge >= 0.3 is 6.18 Å². The van der Waals surface area contributed by atoms with Gasteiger partial charge in [0.25, 0.3) is 5.91 Å². The lowest BCUT2D eigenvalue weighted by atomic mass is 10.1. The molecule has 1 N–H and O–H groups in total. The number of anilines is 1. The van der Waals surface area contributed by atoms with Crippen LogP contribution in [0.4, 0.5) is 23.2 Å². The maximum Gasteiger partial charge on any atom is 0.416 e. The van der Waals surface area contributed by atoms with Gasteiger partial charge in [0, 0.05) is 12.4 Å². The van der Waals surface area contributed by atoms with Crippen molar-refractivity contribution in [3.8, 4) is 5.69 Å². The lowest BCUT2D eigenvalue weighted by Gasteiger charge is -2.15. The first-order chi connectivity index (χ1) is 11.9. The van der Waals surface area contributed by atoms with E-state index in [1.807, 2.05) is 0 Å². The van der Waals surface area contributed by atoms with Crippen LogP contribution in [0.5, 0.6) is 0 Å². The van der Waals surface area contributed by atoms with Crippen molar-refractivity contribution in [1.82, 2.24) is 9.78 Å². The van der Waals surface area contributed by atoms with Gasteiger partial charge < -0.3 is 5.32 Å². The summed E-state index contributed by atoms with van der Waals surface area (Å²) < 4.78 is 53.9. The summed E-state index contributed by atoms with van der Waals surface area (Å²) in [7, 11) is 0. The van der Waals surface area contributed by atoms with E-state index in [0.29, 0.717) is 0 Å². The number of carbonyl (C=O) groups is 1. The minimum Gasteiger partial charge on any atom is -0.320 e. The number of amides is 1. The molecule has 0 aliphatic heterocycles. The Morgan fingerprint density at radius 1 is 1.08 bits per heavy atom. The maximum absolute atomic E-state index is 13.7. The van der Waals surface area contributed by atoms with Crippen LogP contribution >= 0.6 is 0 Å². The van der Waals surface area contributed by atoms with Crippen LogP contribution in [0.3, 0.4) is 0 Å². The van der Waals surface area contributed by atoms with E-state index in [4.69, 9.17) is 0 Å². The van der Waals surface area contributed by atoms with Crippen LogP contribution in [-0.4, -0.2) is 15.7 Å². The molecule has 8 heteroatoms. The summed E-state index contributed by atoms with van der Waals surface area (Å²) in [5.74, 6) is -1.63. The molecule has 0 aliphatic rings. The lowest BCUT2D eigenvalue weighted by Crippen LogP contribution is -2.16.